The van der Waals surface area contributed by atoms with Crippen LogP contribution in [0.4, 0.5) is 10.5 Å². The molecule has 6 nitrogen and oxygen atoms in total. The Balaban J connectivity index is 2.73. The largest absolute Gasteiger partial charge is 0.465 e. The Bertz CT molecular complexity index is 385. The van der Waals surface area contributed by atoms with Gasteiger partial charge in [0, 0.05) is 17.1 Å². The van der Waals surface area contributed by atoms with Crippen molar-refractivity contribution in [3.63, 3.8) is 0 Å². The van der Waals surface area contributed by atoms with Gasteiger partial charge in [-0.05, 0) is 17.2 Å². The summed E-state index contributed by atoms with van der Waals surface area (Å²) in [5.41, 5.74) is 9.39. The van der Waals surface area contributed by atoms with E-state index in [2.05, 4.69) is 15.3 Å². The Morgan fingerprint density at radius 3 is 3.07 bits per heavy atom. The van der Waals surface area contributed by atoms with Gasteiger partial charge in [-0.15, -0.1) is 0 Å². The Kier molecular flexibility index (Phi) is 3.34. The zero-order valence-electron chi connectivity index (χ0n) is 7.21. The van der Waals surface area contributed by atoms with E-state index in [1.54, 1.807) is 24.3 Å². The van der Waals surface area contributed by atoms with Crippen molar-refractivity contribution >= 4 is 11.8 Å². The molecule has 1 amide bonds. The summed E-state index contributed by atoms with van der Waals surface area (Å²) >= 11 is 0. The zero-order valence-corrected chi connectivity index (χ0v) is 7.21. The van der Waals surface area contributed by atoms with Crippen LogP contribution in [0.5, 0.6) is 0 Å². The first-order valence-corrected chi connectivity index (χ1v) is 3.83. The van der Waals surface area contributed by atoms with Crippen LogP contribution < -0.4 is 5.32 Å². The molecule has 6 heteroatoms. The minimum Gasteiger partial charge on any atom is -0.465 e. The molecular formula is C8H8N4O2. The van der Waals surface area contributed by atoms with Crippen molar-refractivity contribution in [2.24, 2.45) is 5.11 Å². The van der Waals surface area contributed by atoms with Crippen molar-refractivity contribution in [3.8, 4) is 0 Å². The van der Waals surface area contributed by atoms with Crippen LogP contribution in [0.2, 0.25) is 0 Å². The van der Waals surface area contributed by atoms with Gasteiger partial charge in [0.25, 0.3) is 0 Å². The molecule has 0 saturated heterocycles. The lowest BCUT2D eigenvalue weighted by molar-refractivity contribution is 0.194. The van der Waals surface area contributed by atoms with E-state index in [0.29, 0.717) is 5.69 Å². The molecule has 0 atom stereocenters. The van der Waals surface area contributed by atoms with Gasteiger partial charge in [-0.1, -0.05) is 23.3 Å². The van der Waals surface area contributed by atoms with Gasteiger partial charge in [0.05, 0.1) is 0 Å². The number of nitrogens with zero attached hydrogens (tertiary/aromatic N) is 3. The summed E-state index contributed by atoms with van der Waals surface area (Å²) in [6, 6.07) is 6.70. The molecule has 2 N–H and O–H groups in total. The minimum atomic E-state index is -1.08. The summed E-state index contributed by atoms with van der Waals surface area (Å²) in [7, 11) is 0. The molecule has 1 aromatic carbocycles. The summed E-state index contributed by atoms with van der Waals surface area (Å²) in [5.74, 6) is 0. The number of carbonyl (C=O) groups is 1. The number of benzene rings is 1. The van der Waals surface area contributed by atoms with Gasteiger partial charge in [-0.2, -0.15) is 0 Å². The lowest BCUT2D eigenvalue weighted by Crippen LogP contribution is -2.19. The molecular weight excluding hydrogens is 184 g/mol. The van der Waals surface area contributed by atoms with E-state index in [4.69, 9.17) is 10.6 Å². The van der Waals surface area contributed by atoms with Gasteiger partial charge in [-0.25, -0.2) is 4.79 Å². The molecule has 14 heavy (non-hydrogen) atoms. The molecule has 0 heterocycles. The van der Waals surface area contributed by atoms with Crippen LogP contribution in [0.25, 0.3) is 10.4 Å². The summed E-state index contributed by atoms with van der Waals surface area (Å²) < 4.78 is 0. The van der Waals surface area contributed by atoms with Crippen molar-refractivity contribution in [2.45, 2.75) is 6.54 Å². The third kappa shape index (κ3) is 3.04. The van der Waals surface area contributed by atoms with Crippen LogP contribution in [0.15, 0.2) is 29.4 Å². The van der Waals surface area contributed by atoms with Crippen LogP contribution in [-0.4, -0.2) is 11.2 Å². The number of azide groups is 1. The first kappa shape index (κ1) is 9.88. The molecule has 0 aromatic heterocycles. The van der Waals surface area contributed by atoms with Crippen LogP contribution in [0, 0.1) is 0 Å². The molecule has 0 aliphatic carbocycles. The second kappa shape index (κ2) is 4.74. The number of nitrogens with one attached hydrogen (secondary N) is 1. The quantitative estimate of drug-likeness (QED) is 0.436. The smallest absolute Gasteiger partial charge is 0.404 e. The van der Waals surface area contributed by atoms with Crippen LogP contribution >= 0.6 is 0 Å². The van der Waals surface area contributed by atoms with E-state index in [0.717, 1.165) is 5.56 Å². The fraction of sp³-hybridized carbons (Fsp3) is 0.125. The molecule has 0 bridgehead atoms. The van der Waals surface area contributed by atoms with Crippen molar-refractivity contribution in [3.05, 3.63) is 40.3 Å². The molecule has 0 aliphatic heterocycles. The fourth-order valence-corrected chi connectivity index (χ4v) is 0.958. The maximum absolute atomic E-state index is 10.2. The fourth-order valence-electron chi connectivity index (χ4n) is 0.958. The third-order valence-electron chi connectivity index (χ3n) is 1.51. The third-order valence-corrected chi connectivity index (χ3v) is 1.51. The molecule has 1 rings (SSSR count). The monoisotopic (exact) mass is 192 g/mol. The van der Waals surface area contributed by atoms with Gasteiger partial charge in [0.2, 0.25) is 0 Å². The highest BCUT2D eigenvalue weighted by Crippen LogP contribution is 2.13. The van der Waals surface area contributed by atoms with Crippen molar-refractivity contribution in [2.75, 3.05) is 0 Å². The zero-order chi connectivity index (χ0) is 10.4. The highest BCUT2D eigenvalue weighted by atomic mass is 16.4. The number of hydrogen-bond donors (Lipinski definition) is 2. The lowest BCUT2D eigenvalue weighted by atomic mass is 10.2. The summed E-state index contributed by atoms with van der Waals surface area (Å²) in [6.45, 7) is 0.199. The molecule has 0 saturated carbocycles. The minimum absolute atomic E-state index is 0.199. The van der Waals surface area contributed by atoms with Crippen LogP contribution in [0.1, 0.15) is 5.56 Å². The first-order valence-electron chi connectivity index (χ1n) is 3.83. The average Bonchev–Trinajstić information content (AvgIpc) is 2.16. The Labute approximate surface area is 79.8 Å². The van der Waals surface area contributed by atoms with E-state index in [1.165, 1.54) is 0 Å². The maximum Gasteiger partial charge on any atom is 0.404 e. The normalized spacial score (nSPS) is 8.86. The number of hydrogen-bond acceptors (Lipinski definition) is 2. The highest BCUT2D eigenvalue weighted by molar-refractivity contribution is 5.64. The first-order chi connectivity index (χ1) is 6.72. The molecule has 72 valence electrons. The molecule has 0 aliphatic rings. The SMILES string of the molecule is [N-]=[N+]=Nc1cccc(CNC(=O)O)c1. The second-order valence-corrected chi connectivity index (χ2v) is 2.52. The van der Waals surface area contributed by atoms with Crippen molar-refractivity contribution < 1.29 is 9.90 Å². The lowest BCUT2D eigenvalue weighted by Gasteiger charge is -2.01. The summed E-state index contributed by atoms with van der Waals surface area (Å²) in [5, 5.41) is 14.0. The van der Waals surface area contributed by atoms with Gasteiger partial charge < -0.3 is 10.4 Å². The molecule has 1 aromatic rings. The Morgan fingerprint density at radius 2 is 2.43 bits per heavy atom. The van der Waals surface area contributed by atoms with E-state index in [1.807, 2.05) is 0 Å². The average molecular weight is 192 g/mol. The summed E-state index contributed by atoms with van der Waals surface area (Å²) in [6.07, 6.45) is -1.08. The van der Waals surface area contributed by atoms with E-state index in [-0.39, 0.29) is 6.54 Å². The van der Waals surface area contributed by atoms with E-state index >= 15 is 0 Å². The van der Waals surface area contributed by atoms with E-state index in [9.17, 15) is 4.79 Å². The van der Waals surface area contributed by atoms with Crippen LogP contribution in [-0.2, 0) is 6.54 Å². The number of carboxylic acid groups (broad SMARTS) is 1. The molecule has 0 fully saturated rings. The predicted molar refractivity (Wildman–Crippen MR) is 50.1 cm³/mol. The van der Waals surface area contributed by atoms with Gasteiger partial charge in [0.1, 0.15) is 0 Å². The topological polar surface area (TPSA) is 98.1 Å². The van der Waals surface area contributed by atoms with Crippen LogP contribution in [0.3, 0.4) is 0 Å². The summed E-state index contributed by atoms with van der Waals surface area (Å²) in [4.78, 5) is 12.8. The second-order valence-electron chi connectivity index (χ2n) is 2.52. The molecule has 0 unspecified atom stereocenters. The Morgan fingerprint density at radius 1 is 1.64 bits per heavy atom. The van der Waals surface area contributed by atoms with Gasteiger partial charge >= 0.3 is 6.09 Å². The number of rotatable bonds is 3. The van der Waals surface area contributed by atoms with Gasteiger partial charge in [-0.3, -0.25) is 0 Å². The molecule has 0 spiro atoms. The Hall–Kier alpha value is -2.20. The van der Waals surface area contributed by atoms with Crippen molar-refractivity contribution in [1.29, 1.82) is 0 Å². The van der Waals surface area contributed by atoms with E-state index < -0.39 is 6.09 Å². The van der Waals surface area contributed by atoms with Gasteiger partial charge in [0.15, 0.2) is 0 Å². The standard InChI is InChI=1S/C8H8N4O2/c9-12-11-7-3-1-2-6(4-7)5-10-8(13)14/h1-4,10H,5H2,(H,13,14). The maximum atomic E-state index is 10.2. The molecule has 0 radical (unpaired) electrons. The predicted octanol–water partition coefficient (Wildman–Crippen LogP) is 2.40. The van der Waals surface area contributed by atoms with Crippen molar-refractivity contribution in [1.82, 2.24) is 5.32 Å². The highest BCUT2D eigenvalue weighted by Gasteiger charge is 1.96. The number of amides is 1.